The van der Waals surface area contributed by atoms with E-state index < -0.39 is 52.6 Å². The number of carboxylic acid groups (broad SMARTS) is 1. The fourth-order valence-electron chi connectivity index (χ4n) is 7.92. The molecule has 5 heterocycles. The molecule has 7 unspecified atom stereocenters. The fraction of sp³-hybridized carbons (Fsp3) is 0.394. The number of carbonyl (C=O) groups excluding carboxylic acids is 1. The molecule has 0 saturated carbocycles. The lowest BCUT2D eigenvalue weighted by Crippen LogP contribution is -2.71. The van der Waals surface area contributed by atoms with Gasteiger partial charge in [0.05, 0.1) is 18.6 Å². The predicted octanol–water partition coefficient (Wildman–Crippen LogP) is 5.00. The molecule has 5 aliphatic rings. The summed E-state index contributed by atoms with van der Waals surface area (Å²) < 4.78 is 35.5. The second kappa shape index (κ2) is 9.44. The van der Waals surface area contributed by atoms with Crippen molar-refractivity contribution in [2.24, 2.45) is 5.92 Å². The number of hydrogen-bond acceptors (Lipinski definition) is 6. The Morgan fingerprint density at radius 3 is 2.29 bits per heavy atom. The van der Waals surface area contributed by atoms with Crippen molar-refractivity contribution in [3.8, 4) is 0 Å². The topological polar surface area (TPSA) is 101 Å². The molecule has 8 nitrogen and oxygen atoms in total. The van der Waals surface area contributed by atoms with Crippen molar-refractivity contribution in [2.45, 2.75) is 68.0 Å². The van der Waals surface area contributed by atoms with E-state index in [0.717, 1.165) is 0 Å². The number of anilines is 1. The molecule has 3 aromatic rings. The molecule has 218 valence electrons. The number of carbonyl (C=O) groups is 2. The third-order valence-electron chi connectivity index (χ3n) is 9.36. The Kier molecular flexibility index (Phi) is 6.12. The molecule has 0 aliphatic carbocycles. The Morgan fingerprint density at radius 1 is 0.976 bits per heavy atom. The summed E-state index contributed by atoms with van der Waals surface area (Å²) in [6.45, 7) is 4.42. The number of epoxide rings is 1. The molecule has 4 bridgehead atoms. The summed E-state index contributed by atoms with van der Waals surface area (Å²) in [5.41, 5.74) is -3.95. The minimum Gasteiger partial charge on any atom is -0.481 e. The number of benzene rings is 3. The van der Waals surface area contributed by atoms with Gasteiger partial charge in [0, 0.05) is 24.2 Å². The zero-order valence-corrected chi connectivity index (χ0v) is 23.5. The first-order valence-electron chi connectivity index (χ1n) is 14.4. The number of halogens is 1. The molecule has 7 atom stereocenters. The highest BCUT2D eigenvalue weighted by Crippen LogP contribution is 2.80. The van der Waals surface area contributed by atoms with E-state index in [2.05, 4.69) is 10.2 Å². The third-order valence-corrected chi connectivity index (χ3v) is 9.36. The van der Waals surface area contributed by atoms with Gasteiger partial charge in [-0.25, -0.2) is 9.29 Å². The number of nitrogens with one attached hydrogen (secondary N) is 1. The largest absolute Gasteiger partial charge is 0.481 e. The number of morpholine rings is 1. The van der Waals surface area contributed by atoms with Crippen LogP contribution in [0.1, 0.15) is 44.2 Å². The second-order valence-corrected chi connectivity index (χ2v) is 11.9. The summed E-state index contributed by atoms with van der Waals surface area (Å²) in [6, 6.07) is 24.8. The normalized spacial score (nSPS) is 36.1. The maximum atomic E-state index is 14.9. The van der Waals surface area contributed by atoms with E-state index in [1.54, 1.807) is 24.3 Å². The third kappa shape index (κ3) is 3.36. The van der Waals surface area contributed by atoms with Gasteiger partial charge in [-0.3, -0.25) is 9.59 Å². The molecule has 5 aliphatic heterocycles. The smallest absolute Gasteiger partial charge is 0.305 e. The maximum absolute atomic E-state index is 14.9. The van der Waals surface area contributed by atoms with Crippen LogP contribution in [0.5, 0.6) is 0 Å². The Labute approximate surface area is 243 Å². The van der Waals surface area contributed by atoms with Crippen molar-refractivity contribution in [3.63, 3.8) is 0 Å². The molecule has 42 heavy (non-hydrogen) atoms. The van der Waals surface area contributed by atoms with Crippen LogP contribution in [-0.4, -0.2) is 52.0 Å². The second-order valence-electron chi connectivity index (χ2n) is 11.9. The van der Waals surface area contributed by atoms with Crippen LogP contribution in [-0.2, 0) is 35.1 Å². The lowest BCUT2D eigenvalue weighted by atomic mass is 9.73. The SMILES string of the molecule is CC(C)C12OC(CC(=O)O)CC3CCN1C(c1ccc(F)cc1)(O3)C1(c3ccccc3)OC21C(=O)Nc1ccccc1. The lowest BCUT2D eigenvalue weighted by Gasteiger charge is -2.58. The number of aliphatic carboxylic acids is 1. The molecule has 2 N–H and O–H groups in total. The number of amides is 1. The Bertz CT molecular complexity index is 1520. The number of ether oxygens (including phenoxy) is 3. The van der Waals surface area contributed by atoms with E-state index in [0.29, 0.717) is 36.2 Å². The van der Waals surface area contributed by atoms with Crippen LogP contribution in [0, 0.1) is 11.7 Å². The van der Waals surface area contributed by atoms with Gasteiger partial charge in [-0.05, 0) is 42.2 Å². The first-order valence-corrected chi connectivity index (χ1v) is 14.4. The molecule has 0 spiro atoms. The lowest BCUT2D eigenvalue weighted by molar-refractivity contribution is -0.364. The van der Waals surface area contributed by atoms with E-state index in [4.69, 9.17) is 14.2 Å². The first kappa shape index (κ1) is 27.2. The summed E-state index contributed by atoms with van der Waals surface area (Å²) in [6.07, 6.45) is -0.433. The molecular formula is C33H33FN2O6. The van der Waals surface area contributed by atoms with Gasteiger partial charge in [-0.15, -0.1) is 0 Å². The van der Waals surface area contributed by atoms with Gasteiger partial charge < -0.3 is 24.6 Å². The monoisotopic (exact) mass is 572 g/mol. The number of hydrogen-bond donors (Lipinski definition) is 2. The molecule has 8 rings (SSSR count). The van der Waals surface area contributed by atoms with Gasteiger partial charge in [0.1, 0.15) is 5.82 Å². The number of fused-ring (bicyclic) bond motifs is 4. The maximum Gasteiger partial charge on any atom is 0.305 e. The molecular weight excluding hydrogens is 539 g/mol. The Hall–Kier alpha value is -3.63. The van der Waals surface area contributed by atoms with Crippen molar-refractivity contribution in [1.29, 1.82) is 0 Å². The van der Waals surface area contributed by atoms with Crippen molar-refractivity contribution in [3.05, 3.63) is 102 Å². The van der Waals surface area contributed by atoms with Crippen LogP contribution in [0.15, 0.2) is 84.9 Å². The van der Waals surface area contributed by atoms with Crippen molar-refractivity contribution < 1.29 is 33.3 Å². The van der Waals surface area contributed by atoms with Crippen LogP contribution in [0.25, 0.3) is 0 Å². The summed E-state index contributed by atoms with van der Waals surface area (Å²) in [7, 11) is 0. The van der Waals surface area contributed by atoms with E-state index in [-0.39, 0.29) is 12.3 Å². The van der Waals surface area contributed by atoms with Crippen LogP contribution in [0.3, 0.4) is 0 Å². The van der Waals surface area contributed by atoms with E-state index in [9.17, 15) is 19.1 Å². The predicted molar refractivity (Wildman–Crippen MR) is 151 cm³/mol. The van der Waals surface area contributed by atoms with Gasteiger partial charge in [0.2, 0.25) is 5.60 Å². The minimum absolute atomic E-state index is 0.250. The average molecular weight is 573 g/mol. The summed E-state index contributed by atoms with van der Waals surface area (Å²) in [5, 5.41) is 12.9. The van der Waals surface area contributed by atoms with E-state index in [1.165, 1.54) is 12.1 Å². The quantitative estimate of drug-likeness (QED) is 0.384. The van der Waals surface area contributed by atoms with Gasteiger partial charge in [0.25, 0.3) is 5.91 Å². The van der Waals surface area contributed by atoms with Crippen molar-refractivity contribution in [1.82, 2.24) is 4.90 Å². The number of rotatable bonds is 7. The first-order chi connectivity index (χ1) is 20.2. The average Bonchev–Trinajstić information content (AvgIpc) is 3.64. The van der Waals surface area contributed by atoms with Crippen molar-refractivity contribution >= 4 is 17.6 Å². The molecule has 0 radical (unpaired) electrons. The highest BCUT2D eigenvalue weighted by molar-refractivity contribution is 6.03. The zero-order chi connectivity index (χ0) is 29.3. The number of carboxylic acids is 1. The summed E-state index contributed by atoms with van der Waals surface area (Å²) in [4.78, 5) is 29.0. The molecule has 1 amide bonds. The highest BCUT2D eigenvalue weighted by Gasteiger charge is 3.00. The van der Waals surface area contributed by atoms with Crippen LogP contribution in [0.4, 0.5) is 10.1 Å². The highest BCUT2D eigenvalue weighted by atomic mass is 19.1. The molecule has 3 aromatic carbocycles. The molecule has 9 heteroatoms. The standard InChI is InChI=1S/C33H33FN2O6/c1-21(2)32-31(29(39)35-25-11-7-4-8-12-25)30(42-31,22-9-5-3-6-10-22)33(23-13-15-24(34)16-14-23)36(32)18-17-26(40-33)19-27(41-32)20-28(37)38/h3-16,21,26-27H,17-20H2,1-2H3,(H,35,39)(H,37,38). The van der Waals surface area contributed by atoms with E-state index in [1.807, 2.05) is 62.4 Å². The van der Waals surface area contributed by atoms with Crippen LogP contribution in [0.2, 0.25) is 0 Å². The molecule has 0 aromatic heterocycles. The van der Waals surface area contributed by atoms with Crippen LogP contribution >= 0.6 is 0 Å². The Balaban J connectivity index is 1.54. The molecule has 5 saturated heterocycles. The fourth-order valence-corrected chi connectivity index (χ4v) is 7.92. The van der Waals surface area contributed by atoms with Crippen LogP contribution < -0.4 is 5.32 Å². The Morgan fingerprint density at radius 2 is 1.64 bits per heavy atom. The van der Waals surface area contributed by atoms with Gasteiger partial charge in [-0.1, -0.05) is 74.5 Å². The summed E-state index contributed by atoms with van der Waals surface area (Å²) in [5.74, 6) is -2.17. The van der Waals surface area contributed by atoms with Gasteiger partial charge >= 0.3 is 5.97 Å². The minimum atomic E-state index is -1.66. The number of para-hydroxylation sites is 1. The van der Waals surface area contributed by atoms with Gasteiger partial charge in [0.15, 0.2) is 17.1 Å². The van der Waals surface area contributed by atoms with Gasteiger partial charge in [-0.2, -0.15) is 0 Å². The van der Waals surface area contributed by atoms with E-state index >= 15 is 0 Å². The zero-order valence-electron chi connectivity index (χ0n) is 23.5. The van der Waals surface area contributed by atoms with Crippen molar-refractivity contribution in [2.75, 3.05) is 11.9 Å². The number of nitrogens with zero attached hydrogens (tertiary/aromatic N) is 1. The summed E-state index contributed by atoms with van der Waals surface area (Å²) >= 11 is 0. The molecule has 5 fully saturated rings.